The Bertz CT molecular complexity index is 766. The summed E-state index contributed by atoms with van der Waals surface area (Å²) in [5, 5.41) is 12.2. The number of nitrogens with zero attached hydrogens (tertiary/aromatic N) is 4. The molecule has 1 aromatic carbocycles. The summed E-state index contributed by atoms with van der Waals surface area (Å²) in [6.45, 7) is 1.48. The lowest BCUT2D eigenvalue weighted by atomic mass is 9.96. The van der Waals surface area contributed by atoms with Crippen LogP contribution < -0.4 is 10.2 Å². The fourth-order valence-corrected chi connectivity index (χ4v) is 2.89. The summed E-state index contributed by atoms with van der Waals surface area (Å²) < 4.78 is 0. The number of nitrogens with one attached hydrogen (secondary N) is 1. The van der Waals surface area contributed by atoms with Crippen LogP contribution in [0.15, 0.2) is 36.7 Å². The number of carbonyl (C=O) groups excluding carboxylic acids is 1. The van der Waals surface area contributed by atoms with Gasteiger partial charge in [0, 0.05) is 37.1 Å². The monoisotopic (exact) mass is 341 g/mol. The predicted octanol–water partition coefficient (Wildman–Crippen LogP) is 2.86. The van der Waals surface area contributed by atoms with E-state index in [1.807, 2.05) is 6.07 Å². The number of anilines is 2. The van der Waals surface area contributed by atoms with Crippen LogP contribution in [-0.4, -0.2) is 29.0 Å². The minimum Gasteiger partial charge on any atom is -0.341 e. The Morgan fingerprint density at radius 2 is 2.00 bits per heavy atom. The zero-order valence-corrected chi connectivity index (χ0v) is 13.7. The summed E-state index contributed by atoms with van der Waals surface area (Å²) in [5.74, 6) is 0.605. The van der Waals surface area contributed by atoms with E-state index in [0.29, 0.717) is 22.2 Å². The Morgan fingerprint density at radius 1 is 1.29 bits per heavy atom. The number of rotatable bonds is 3. The lowest BCUT2D eigenvalue weighted by molar-refractivity contribution is -0.120. The SMILES string of the molecule is N#Cc1cc(NC(=O)C2CCN(c3ncccn3)CC2)ccc1Cl. The Balaban J connectivity index is 1.59. The van der Waals surface area contributed by atoms with Gasteiger partial charge in [0.15, 0.2) is 0 Å². The van der Waals surface area contributed by atoms with E-state index in [1.165, 1.54) is 0 Å². The van der Waals surface area contributed by atoms with E-state index in [1.54, 1.807) is 36.7 Å². The molecule has 0 unspecified atom stereocenters. The number of carbonyl (C=O) groups is 1. The minimum absolute atomic E-state index is 0.0326. The first-order valence-electron chi connectivity index (χ1n) is 7.70. The first-order chi connectivity index (χ1) is 11.7. The fraction of sp³-hybridized carbons (Fsp3) is 0.294. The molecule has 0 spiro atoms. The van der Waals surface area contributed by atoms with Gasteiger partial charge in [-0.25, -0.2) is 9.97 Å². The molecule has 1 aromatic heterocycles. The number of halogens is 1. The van der Waals surface area contributed by atoms with Gasteiger partial charge in [0.05, 0.1) is 10.6 Å². The maximum atomic E-state index is 12.4. The van der Waals surface area contributed by atoms with Crippen LogP contribution in [0, 0.1) is 17.2 Å². The van der Waals surface area contributed by atoms with Gasteiger partial charge in [-0.1, -0.05) is 11.6 Å². The largest absolute Gasteiger partial charge is 0.341 e. The topological polar surface area (TPSA) is 81.9 Å². The van der Waals surface area contributed by atoms with Gasteiger partial charge >= 0.3 is 0 Å². The molecule has 1 saturated heterocycles. The van der Waals surface area contributed by atoms with E-state index >= 15 is 0 Å². The van der Waals surface area contributed by atoms with Crippen molar-refractivity contribution in [1.82, 2.24) is 9.97 Å². The van der Waals surface area contributed by atoms with E-state index in [4.69, 9.17) is 16.9 Å². The number of hydrogen-bond acceptors (Lipinski definition) is 5. The van der Waals surface area contributed by atoms with Crippen LogP contribution in [0.25, 0.3) is 0 Å². The summed E-state index contributed by atoms with van der Waals surface area (Å²) in [4.78, 5) is 23.0. The third kappa shape index (κ3) is 3.63. The summed E-state index contributed by atoms with van der Waals surface area (Å²) in [6.07, 6.45) is 4.91. The highest BCUT2D eigenvalue weighted by Crippen LogP contribution is 2.24. The number of piperidine rings is 1. The highest BCUT2D eigenvalue weighted by atomic mass is 35.5. The van der Waals surface area contributed by atoms with Gasteiger partial charge in [-0.15, -0.1) is 0 Å². The molecule has 1 fully saturated rings. The Hall–Kier alpha value is -2.65. The highest BCUT2D eigenvalue weighted by Gasteiger charge is 2.26. The molecule has 0 bridgehead atoms. The molecule has 0 saturated carbocycles. The van der Waals surface area contributed by atoms with Crippen LogP contribution in [0.2, 0.25) is 5.02 Å². The molecule has 3 rings (SSSR count). The van der Waals surface area contributed by atoms with Gasteiger partial charge in [0.2, 0.25) is 11.9 Å². The molecule has 1 N–H and O–H groups in total. The third-order valence-corrected chi connectivity index (χ3v) is 4.38. The van der Waals surface area contributed by atoms with Gasteiger partial charge in [-0.05, 0) is 37.1 Å². The second-order valence-electron chi connectivity index (χ2n) is 5.61. The van der Waals surface area contributed by atoms with Crippen LogP contribution in [0.3, 0.4) is 0 Å². The van der Waals surface area contributed by atoms with E-state index in [-0.39, 0.29) is 11.8 Å². The van der Waals surface area contributed by atoms with Crippen LogP contribution >= 0.6 is 11.6 Å². The van der Waals surface area contributed by atoms with Gasteiger partial charge < -0.3 is 10.2 Å². The molecule has 24 heavy (non-hydrogen) atoms. The number of benzene rings is 1. The fourth-order valence-electron chi connectivity index (χ4n) is 2.73. The molecule has 0 radical (unpaired) electrons. The maximum absolute atomic E-state index is 12.4. The van der Waals surface area contributed by atoms with Crippen molar-refractivity contribution in [2.45, 2.75) is 12.8 Å². The lowest BCUT2D eigenvalue weighted by Gasteiger charge is -2.31. The van der Waals surface area contributed by atoms with Gasteiger partial charge in [-0.2, -0.15) is 5.26 Å². The summed E-state index contributed by atoms with van der Waals surface area (Å²) >= 11 is 5.90. The van der Waals surface area contributed by atoms with E-state index < -0.39 is 0 Å². The summed E-state index contributed by atoms with van der Waals surface area (Å²) in [7, 11) is 0. The molecular formula is C17H16ClN5O. The van der Waals surface area contributed by atoms with E-state index in [2.05, 4.69) is 20.2 Å². The molecule has 2 aromatic rings. The molecule has 1 amide bonds. The number of nitriles is 1. The average Bonchev–Trinajstić information content (AvgIpc) is 2.64. The molecule has 2 heterocycles. The van der Waals surface area contributed by atoms with Crippen molar-refractivity contribution in [1.29, 1.82) is 5.26 Å². The predicted molar refractivity (Wildman–Crippen MR) is 91.8 cm³/mol. The highest BCUT2D eigenvalue weighted by molar-refractivity contribution is 6.31. The molecule has 1 aliphatic rings. The van der Waals surface area contributed by atoms with Crippen LogP contribution in [0.4, 0.5) is 11.6 Å². The molecule has 6 nitrogen and oxygen atoms in total. The Morgan fingerprint density at radius 3 is 2.67 bits per heavy atom. The number of aromatic nitrogens is 2. The van der Waals surface area contributed by atoms with E-state index in [0.717, 1.165) is 25.9 Å². The Labute approximate surface area is 145 Å². The van der Waals surface area contributed by atoms with Crippen molar-refractivity contribution in [3.63, 3.8) is 0 Å². The van der Waals surface area contributed by atoms with Crippen molar-refractivity contribution < 1.29 is 4.79 Å². The minimum atomic E-state index is -0.0637. The van der Waals surface area contributed by atoms with Gasteiger partial charge in [0.1, 0.15) is 6.07 Å². The van der Waals surface area contributed by atoms with Gasteiger partial charge in [0.25, 0.3) is 0 Å². The first kappa shape index (κ1) is 16.2. The second kappa shape index (κ2) is 7.28. The van der Waals surface area contributed by atoms with Crippen molar-refractivity contribution in [2.75, 3.05) is 23.3 Å². The van der Waals surface area contributed by atoms with Crippen molar-refractivity contribution in [3.05, 3.63) is 47.2 Å². The summed E-state index contributed by atoms with van der Waals surface area (Å²) in [5.41, 5.74) is 0.945. The third-order valence-electron chi connectivity index (χ3n) is 4.06. The molecule has 1 aliphatic heterocycles. The van der Waals surface area contributed by atoms with Crippen LogP contribution in [-0.2, 0) is 4.79 Å². The lowest BCUT2D eigenvalue weighted by Crippen LogP contribution is -2.39. The van der Waals surface area contributed by atoms with Crippen molar-refractivity contribution in [3.8, 4) is 6.07 Å². The zero-order valence-electron chi connectivity index (χ0n) is 12.9. The first-order valence-corrected chi connectivity index (χ1v) is 8.07. The van der Waals surface area contributed by atoms with Crippen LogP contribution in [0.5, 0.6) is 0 Å². The maximum Gasteiger partial charge on any atom is 0.227 e. The van der Waals surface area contributed by atoms with E-state index in [9.17, 15) is 4.79 Å². The molecule has 0 aliphatic carbocycles. The van der Waals surface area contributed by atoms with Crippen molar-refractivity contribution >= 4 is 29.1 Å². The van der Waals surface area contributed by atoms with Crippen LogP contribution in [0.1, 0.15) is 18.4 Å². The molecular weight excluding hydrogens is 326 g/mol. The van der Waals surface area contributed by atoms with Crippen molar-refractivity contribution in [2.24, 2.45) is 5.92 Å². The summed E-state index contributed by atoms with van der Waals surface area (Å²) in [6, 6.07) is 8.70. The second-order valence-corrected chi connectivity index (χ2v) is 6.01. The number of hydrogen-bond donors (Lipinski definition) is 1. The standard InChI is InChI=1S/C17H16ClN5O/c18-15-3-2-14(10-13(15)11-19)22-16(24)12-4-8-23(9-5-12)17-20-6-1-7-21-17/h1-3,6-7,10,12H,4-5,8-9H2,(H,22,24). The number of amides is 1. The average molecular weight is 342 g/mol. The molecule has 0 atom stereocenters. The zero-order chi connectivity index (χ0) is 16.9. The Kier molecular flexibility index (Phi) is 4.92. The normalized spacial score (nSPS) is 14.9. The smallest absolute Gasteiger partial charge is 0.227 e. The quantitative estimate of drug-likeness (QED) is 0.928. The molecule has 122 valence electrons. The van der Waals surface area contributed by atoms with Gasteiger partial charge in [-0.3, -0.25) is 4.79 Å². The molecule has 7 heteroatoms.